The number of alkyl halides is 6. The van der Waals surface area contributed by atoms with E-state index in [2.05, 4.69) is 25.4 Å². The lowest BCUT2D eigenvalue weighted by Gasteiger charge is -2.09. The van der Waals surface area contributed by atoms with Crippen molar-refractivity contribution in [2.45, 2.75) is 19.3 Å². The van der Waals surface area contributed by atoms with Crippen LogP contribution in [0.25, 0.3) is 27.7 Å². The summed E-state index contributed by atoms with van der Waals surface area (Å²) in [6.45, 7) is 1.86. The summed E-state index contributed by atoms with van der Waals surface area (Å²) in [5.41, 5.74) is 4.76. The van der Waals surface area contributed by atoms with Gasteiger partial charge in [-0.15, -0.1) is 0 Å². The molecule has 0 saturated carbocycles. The summed E-state index contributed by atoms with van der Waals surface area (Å²) in [6.07, 6.45) is -3.03. The van der Waals surface area contributed by atoms with Gasteiger partial charge in [0.15, 0.2) is 0 Å². The summed E-state index contributed by atoms with van der Waals surface area (Å²) in [4.78, 5) is 35.4. The summed E-state index contributed by atoms with van der Waals surface area (Å²) < 4.78 is 65.2. The highest BCUT2D eigenvalue weighted by Crippen LogP contribution is 2.27. The molecular weight excluding hydrogens is 588 g/mol. The van der Waals surface area contributed by atoms with Crippen molar-refractivity contribution >= 4 is 34.5 Å². The molecule has 43 heavy (non-hydrogen) atoms. The Hall–Kier alpha value is -5.61. The molecule has 5 aromatic rings. The van der Waals surface area contributed by atoms with Crippen molar-refractivity contribution in [3.63, 3.8) is 0 Å². The summed E-state index contributed by atoms with van der Waals surface area (Å²) in [6, 6.07) is 17.9. The molecule has 0 spiro atoms. The number of hydrogen-bond donors (Lipinski definition) is 3. The lowest BCUT2D eigenvalue weighted by molar-refractivity contribution is -0.193. The number of para-hydroxylation sites is 1. The third-order valence-corrected chi connectivity index (χ3v) is 5.06. The number of carboxylic acid groups (broad SMARTS) is 2. The van der Waals surface area contributed by atoms with Crippen LogP contribution < -0.4 is 5.32 Å². The van der Waals surface area contributed by atoms with Crippen LogP contribution in [0.15, 0.2) is 79.5 Å². The van der Waals surface area contributed by atoms with E-state index in [1.54, 1.807) is 17.2 Å². The number of rotatable bonds is 4. The van der Waals surface area contributed by atoms with Gasteiger partial charge in [-0.2, -0.15) is 31.4 Å². The molecule has 0 unspecified atom stereocenters. The first-order chi connectivity index (χ1) is 20.1. The normalized spacial score (nSPS) is 11.0. The Morgan fingerprint density at radius 1 is 0.837 bits per heavy atom. The van der Waals surface area contributed by atoms with Gasteiger partial charge < -0.3 is 15.5 Å². The number of aromatic nitrogens is 6. The molecule has 0 radical (unpaired) electrons. The van der Waals surface area contributed by atoms with Crippen LogP contribution in [-0.2, 0) is 9.59 Å². The minimum absolute atomic E-state index is 0.540. The number of aryl methyl sites for hydroxylation is 1. The zero-order valence-corrected chi connectivity index (χ0v) is 21.7. The fourth-order valence-electron chi connectivity index (χ4n) is 3.17. The second-order valence-corrected chi connectivity index (χ2v) is 8.19. The van der Waals surface area contributed by atoms with Crippen molar-refractivity contribution < 1.29 is 46.1 Å². The SMILES string of the molecule is Cc1ncn(-c2ccc(Nc3ncc4cccc(-c5cccnc5)c4n3)cc2)n1.O=C(O)C(F)(F)F.O=C(O)C(F)(F)F. The van der Waals surface area contributed by atoms with Crippen LogP contribution in [0.3, 0.4) is 0 Å². The monoisotopic (exact) mass is 607 g/mol. The van der Waals surface area contributed by atoms with Crippen LogP contribution in [0.4, 0.5) is 38.0 Å². The number of pyridine rings is 1. The van der Waals surface area contributed by atoms with Gasteiger partial charge in [-0.05, 0) is 37.3 Å². The Kier molecular flexibility index (Phi) is 9.92. The third-order valence-electron chi connectivity index (χ3n) is 5.06. The molecule has 11 nitrogen and oxygen atoms in total. The average molecular weight is 607 g/mol. The number of nitrogens with zero attached hydrogens (tertiary/aromatic N) is 6. The molecule has 3 heterocycles. The molecule has 0 aliphatic heterocycles. The van der Waals surface area contributed by atoms with Gasteiger partial charge >= 0.3 is 24.3 Å². The minimum Gasteiger partial charge on any atom is -0.475 e. The average Bonchev–Trinajstić information content (AvgIpc) is 3.39. The van der Waals surface area contributed by atoms with Crippen molar-refractivity contribution in [2.24, 2.45) is 0 Å². The lowest BCUT2D eigenvalue weighted by Crippen LogP contribution is -2.21. The summed E-state index contributed by atoms with van der Waals surface area (Å²) in [5, 5.41) is 22.8. The van der Waals surface area contributed by atoms with Gasteiger partial charge in [0, 0.05) is 40.8 Å². The van der Waals surface area contributed by atoms with Gasteiger partial charge in [0.2, 0.25) is 5.95 Å². The number of benzene rings is 2. The van der Waals surface area contributed by atoms with E-state index in [4.69, 9.17) is 24.8 Å². The maximum absolute atomic E-state index is 10.6. The largest absolute Gasteiger partial charge is 0.490 e. The number of hydrogen-bond acceptors (Lipinski definition) is 8. The van der Waals surface area contributed by atoms with Gasteiger partial charge in [-0.3, -0.25) is 4.98 Å². The van der Waals surface area contributed by atoms with Crippen molar-refractivity contribution in [1.82, 2.24) is 29.7 Å². The van der Waals surface area contributed by atoms with E-state index in [1.165, 1.54) is 0 Å². The summed E-state index contributed by atoms with van der Waals surface area (Å²) in [5.74, 6) is -4.24. The first kappa shape index (κ1) is 31.9. The maximum atomic E-state index is 10.6. The second-order valence-electron chi connectivity index (χ2n) is 8.19. The molecule has 0 atom stereocenters. The molecule has 0 amide bonds. The van der Waals surface area contributed by atoms with Gasteiger partial charge in [0.1, 0.15) is 12.2 Å². The molecule has 0 aliphatic carbocycles. The van der Waals surface area contributed by atoms with Crippen LogP contribution in [0.5, 0.6) is 0 Å². The predicted octanol–water partition coefficient (Wildman–Crippen LogP) is 5.59. The van der Waals surface area contributed by atoms with E-state index in [0.29, 0.717) is 5.95 Å². The fourth-order valence-corrected chi connectivity index (χ4v) is 3.17. The first-order valence-corrected chi connectivity index (χ1v) is 11.7. The zero-order chi connectivity index (χ0) is 31.8. The second kappa shape index (κ2) is 13.4. The Balaban J connectivity index is 0.000000303. The number of halogens is 6. The van der Waals surface area contributed by atoms with E-state index in [1.807, 2.05) is 73.9 Å². The smallest absolute Gasteiger partial charge is 0.475 e. The van der Waals surface area contributed by atoms with Crippen molar-refractivity contribution in [1.29, 1.82) is 0 Å². The van der Waals surface area contributed by atoms with Gasteiger partial charge in [0.25, 0.3) is 0 Å². The molecular formula is C26H19F6N7O4. The molecule has 0 bridgehead atoms. The van der Waals surface area contributed by atoms with Crippen molar-refractivity contribution in [3.05, 3.63) is 85.3 Å². The van der Waals surface area contributed by atoms with Crippen LogP contribution in [0.2, 0.25) is 0 Å². The lowest BCUT2D eigenvalue weighted by atomic mass is 10.0. The number of nitrogens with one attached hydrogen (secondary N) is 1. The molecule has 0 saturated heterocycles. The molecule has 5 rings (SSSR count). The number of aliphatic carboxylic acids is 2. The highest BCUT2D eigenvalue weighted by molar-refractivity contribution is 5.93. The molecule has 3 aromatic heterocycles. The topological polar surface area (TPSA) is 156 Å². The minimum atomic E-state index is -5.08. The van der Waals surface area contributed by atoms with E-state index in [0.717, 1.165) is 39.2 Å². The van der Waals surface area contributed by atoms with E-state index in [9.17, 15) is 26.3 Å². The molecule has 0 aliphatic rings. The van der Waals surface area contributed by atoms with Crippen LogP contribution in [0.1, 0.15) is 5.82 Å². The number of carbonyl (C=O) groups is 2. The van der Waals surface area contributed by atoms with Crippen LogP contribution in [0, 0.1) is 6.92 Å². The highest BCUT2D eigenvalue weighted by Gasteiger charge is 2.38. The van der Waals surface area contributed by atoms with E-state index >= 15 is 0 Å². The highest BCUT2D eigenvalue weighted by atomic mass is 19.4. The van der Waals surface area contributed by atoms with Gasteiger partial charge in [0.05, 0.1) is 11.2 Å². The standard InChI is InChI=1S/C22H17N7.2C2HF3O2/c1-15-25-14-29(28-15)19-9-7-18(8-10-19)26-22-24-13-17-4-2-6-20(21(17)27-22)16-5-3-11-23-12-16;2*3-2(4,5)1(6)7/h2-14H,1H3,(H,24,26,27);2*(H,6,7). The van der Waals surface area contributed by atoms with Crippen molar-refractivity contribution in [3.8, 4) is 16.8 Å². The Bertz CT molecular complexity index is 1670. The molecule has 224 valence electrons. The van der Waals surface area contributed by atoms with Gasteiger partial charge in [-0.1, -0.05) is 24.3 Å². The van der Waals surface area contributed by atoms with E-state index < -0.39 is 24.3 Å². The third kappa shape index (κ3) is 9.20. The molecule has 0 fully saturated rings. The van der Waals surface area contributed by atoms with E-state index in [-0.39, 0.29) is 0 Å². The molecule has 2 aromatic carbocycles. The number of carboxylic acids is 2. The zero-order valence-electron chi connectivity index (χ0n) is 21.7. The van der Waals surface area contributed by atoms with Crippen LogP contribution >= 0.6 is 0 Å². The quantitative estimate of drug-likeness (QED) is 0.220. The Morgan fingerprint density at radius 2 is 1.47 bits per heavy atom. The Morgan fingerprint density at radius 3 is 1.98 bits per heavy atom. The summed E-state index contributed by atoms with van der Waals surface area (Å²) in [7, 11) is 0. The first-order valence-electron chi connectivity index (χ1n) is 11.7. The number of anilines is 2. The molecule has 3 N–H and O–H groups in total. The Labute approximate surface area is 237 Å². The van der Waals surface area contributed by atoms with Gasteiger partial charge in [-0.25, -0.2) is 29.2 Å². The fraction of sp³-hybridized carbons (Fsp3) is 0.115. The summed E-state index contributed by atoms with van der Waals surface area (Å²) >= 11 is 0. The predicted molar refractivity (Wildman–Crippen MR) is 140 cm³/mol. The number of fused-ring (bicyclic) bond motifs is 1. The molecule has 17 heteroatoms. The van der Waals surface area contributed by atoms with Crippen LogP contribution in [-0.4, -0.2) is 64.2 Å². The van der Waals surface area contributed by atoms with Crippen molar-refractivity contribution in [2.75, 3.05) is 5.32 Å². The maximum Gasteiger partial charge on any atom is 0.490 e.